The van der Waals surface area contributed by atoms with E-state index in [0.29, 0.717) is 5.25 Å². The number of hydrogen-bond donors (Lipinski definition) is 2. The maximum Gasteiger partial charge on any atom is 0.237 e. The van der Waals surface area contributed by atoms with Gasteiger partial charge in [-0.3, -0.25) is 4.79 Å². The van der Waals surface area contributed by atoms with E-state index < -0.39 is 5.54 Å². The van der Waals surface area contributed by atoms with Crippen molar-refractivity contribution < 1.29 is 4.79 Å². The molecule has 116 valence electrons. The Morgan fingerprint density at radius 2 is 2.38 bits per heavy atom. The van der Waals surface area contributed by atoms with E-state index in [1.165, 1.54) is 4.90 Å². The van der Waals surface area contributed by atoms with Crippen molar-refractivity contribution in [3.63, 3.8) is 0 Å². The average molecular weight is 371 g/mol. The Balaban J connectivity index is 2.06. The lowest BCUT2D eigenvalue weighted by Crippen LogP contribution is -2.58. The number of nitrogens with two attached hydrogens (primary N) is 1. The predicted molar refractivity (Wildman–Crippen MR) is 92.5 cm³/mol. The minimum absolute atomic E-state index is 0.199. The van der Waals surface area contributed by atoms with E-state index >= 15 is 0 Å². The van der Waals surface area contributed by atoms with Gasteiger partial charge >= 0.3 is 0 Å². The summed E-state index contributed by atoms with van der Waals surface area (Å²) >= 11 is 5.36. The molecule has 0 aromatic heterocycles. The zero-order valence-corrected chi connectivity index (χ0v) is 14.8. The van der Waals surface area contributed by atoms with Crippen molar-refractivity contribution in [1.82, 2.24) is 5.32 Å². The largest absolute Gasteiger partial charge is 0.368 e. The van der Waals surface area contributed by atoms with Crippen LogP contribution in [0.1, 0.15) is 39.0 Å². The highest BCUT2D eigenvalue weighted by atomic mass is 79.9. The number of halogens is 1. The van der Waals surface area contributed by atoms with Crippen LogP contribution in [0, 0.1) is 0 Å². The van der Waals surface area contributed by atoms with Gasteiger partial charge < -0.3 is 11.1 Å². The SMILES string of the molecule is CCCNC1(C(N)=O)CCCC(Sc2cccc(Br)c2)C1. The van der Waals surface area contributed by atoms with E-state index in [1.54, 1.807) is 0 Å². The molecular weight excluding hydrogens is 348 g/mol. The number of nitrogens with one attached hydrogen (secondary N) is 1. The molecule has 21 heavy (non-hydrogen) atoms. The van der Waals surface area contributed by atoms with E-state index in [2.05, 4.69) is 40.3 Å². The Labute approximate surface area is 139 Å². The van der Waals surface area contributed by atoms with Gasteiger partial charge in [-0.25, -0.2) is 0 Å². The minimum Gasteiger partial charge on any atom is -0.368 e. The summed E-state index contributed by atoms with van der Waals surface area (Å²) < 4.78 is 1.09. The number of rotatable bonds is 6. The predicted octanol–water partition coefficient (Wildman–Crippen LogP) is 3.71. The molecule has 1 aromatic carbocycles. The van der Waals surface area contributed by atoms with Gasteiger partial charge in [-0.15, -0.1) is 11.8 Å². The summed E-state index contributed by atoms with van der Waals surface area (Å²) in [5, 5.41) is 3.85. The lowest BCUT2D eigenvalue weighted by molar-refractivity contribution is -0.125. The van der Waals surface area contributed by atoms with Crippen LogP contribution < -0.4 is 11.1 Å². The molecule has 2 unspecified atom stereocenters. The zero-order chi connectivity index (χ0) is 15.3. The molecule has 1 aliphatic carbocycles. The number of carbonyl (C=O) groups excluding carboxylic acids is 1. The van der Waals surface area contributed by atoms with Crippen LogP contribution in [-0.4, -0.2) is 23.2 Å². The van der Waals surface area contributed by atoms with Gasteiger partial charge in [0.15, 0.2) is 0 Å². The Hall–Kier alpha value is -0.520. The van der Waals surface area contributed by atoms with Gasteiger partial charge in [0.25, 0.3) is 0 Å². The topological polar surface area (TPSA) is 55.1 Å². The van der Waals surface area contributed by atoms with E-state index in [9.17, 15) is 4.79 Å². The molecule has 2 atom stereocenters. The normalized spacial score (nSPS) is 25.7. The Morgan fingerprint density at radius 3 is 3.05 bits per heavy atom. The van der Waals surface area contributed by atoms with E-state index in [1.807, 2.05) is 23.9 Å². The third-order valence-corrected chi connectivity index (χ3v) is 5.74. The van der Waals surface area contributed by atoms with Gasteiger partial charge in [0, 0.05) is 14.6 Å². The molecule has 0 spiro atoms. The fourth-order valence-electron chi connectivity index (χ4n) is 2.89. The summed E-state index contributed by atoms with van der Waals surface area (Å²) in [5.41, 5.74) is 5.19. The zero-order valence-electron chi connectivity index (χ0n) is 12.4. The quantitative estimate of drug-likeness (QED) is 0.802. The van der Waals surface area contributed by atoms with Crippen LogP contribution in [0.15, 0.2) is 33.6 Å². The van der Waals surface area contributed by atoms with Gasteiger partial charge in [-0.1, -0.05) is 28.9 Å². The van der Waals surface area contributed by atoms with Crippen molar-refractivity contribution in [2.45, 2.75) is 54.7 Å². The Kier molecular flexibility index (Phi) is 6.14. The van der Waals surface area contributed by atoms with Gasteiger partial charge in [-0.05, 0) is 56.8 Å². The van der Waals surface area contributed by atoms with Crippen molar-refractivity contribution in [1.29, 1.82) is 0 Å². The van der Waals surface area contributed by atoms with Crippen molar-refractivity contribution >= 4 is 33.6 Å². The molecule has 2 rings (SSSR count). The number of hydrogen-bond acceptors (Lipinski definition) is 3. The molecule has 0 radical (unpaired) electrons. The van der Waals surface area contributed by atoms with Crippen molar-refractivity contribution in [3.05, 3.63) is 28.7 Å². The van der Waals surface area contributed by atoms with Crippen LogP contribution >= 0.6 is 27.7 Å². The molecule has 1 saturated carbocycles. The van der Waals surface area contributed by atoms with Gasteiger partial charge in [0.2, 0.25) is 5.91 Å². The summed E-state index contributed by atoms with van der Waals surface area (Å²) in [5.74, 6) is -0.199. The van der Waals surface area contributed by atoms with Crippen molar-refractivity contribution in [3.8, 4) is 0 Å². The minimum atomic E-state index is -0.516. The second kappa shape index (κ2) is 7.65. The van der Waals surface area contributed by atoms with Crippen LogP contribution in [0.3, 0.4) is 0 Å². The fraction of sp³-hybridized carbons (Fsp3) is 0.562. The molecule has 1 fully saturated rings. The standard InChI is InChI=1S/C16H23BrN2OS/c1-2-9-19-16(15(18)20)8-4-7-14(11-16)21-13-6-3-5-12(17)10-13/h3,5-6,10,14,19H,2,4,7-9,11H2,1H3,(H2,18,20). The van der Waals surface area contributed by atoms with E-state index in [0.717, 1.165) is 43.1 Å². The summed E-state index contributed by atoms with van der Waals surface area (Å²) in [6.07, 6.45) is 4.88. The smallest absolute Gasteiger partial charge is 0.237 e. The first-order valence-electron chi connectivity index (χ1n) is 7.53. The van der Waals surface area contributed by atoms with Crippen molar-refractivity contribution in [2.24, 2.45) is 5.73 Å². The van der Waals surface area contributed by atoms with Crippen LogP contribution in [0.2, 0.25) is 0 Å². The number of primary amides is 1. The van der Waals surface area contributed by atoms with Gasteiger partial charge in [0.05, 0.1) is 5.54 Å². The lowest BCUT2D eigenvalue weighted by atomic mass is 9.80. The number of thioether (sulfide) groups is 1. The maximum absolute atomic E-state index is 12.0. The molecule has 3 nitrogen and oxygen atoms in total. The highest BCUT2D eigenvalue weighted by molar-refractivity contribution is 9.10. The Morgan fingerprint density at radius 1 is 1.57 bits per heavy atom. The number of carbonyl (C=O) groups is 1. The van der Waals surface area contributed by atoms with Gasteiger partial charge in [0.1, 0.15) is 0 Å². The first kappa shape index (κ1) is 16.8. The number of benzene rings is 1. The first-order chi connectivity index (χ1) is 10.1. The summed E-state index contributed by atoms with van der Waals surface area (Å²) in [4.78, 5) is 13.2. The third-order valence-electron chi connectivity index (χ3n) is 3.99. The van der Waals surface area contributed by atoms with E-state index in [-0.39, 0.29) is 5.91 Å². The second-order valence-corrected chi connectivity index (χ2v) is 7.96. The van der Waals surface area contributed by atoms with Gasteiger partial charge in [-0.2, -0.15) is 0 Å². The highest BCUT2D eigenvalue weighted by Crippen LogP contribution is 2.38. The molecule has 1 aliphatic rings. The Bertz CT molecular complexity index is 497. The molecule has 3 N–H and O–H groups in total. The summed E-state index contributed by atoms with van der Waals surface area (Å²) in [7, 11) is 0. The molecular formula is C16H23BrN2OS. The second-order valence-electron chi connectivity index (χ2n) is 5.67. The summed E-state index contributed by atoms with van der Waals surface area (Å²) in [6, 6.07) is 8.33. The monoisotopic (exact) mass is 370 g/mol. The highest BCUT2D eigenvalue weighted by Gasteiger charge is 2.41. The van der Waals surface area contributed by atoms with Crippen LogP contribution in [-0.2, 0) is 4.79 Å². The molecule has 0 saturated heterocycles. The van der Waals surface area contributed by atoms with Crippen LogP contribution in [0.5, 0.6) is 0 Å². The molecule has 0 bridgehead atoms. The number of amides is 1. The fourth-order valence-corrected chi connectivity index (χ4v) is 4.83. The van der Waals surface area contributed by atoms with E-state index in [4.69, 9.17) is 5.73 Å². The molecule has 0 aliphatic heterocycles. The molecule has 0 heterocycles. The first-order valence-corrected chi connectivity index (χ1v) is 9.20. The molecule has 1 amide bonds. The molecule has 1 aromatic rings. The van der Waals surface area contributed by atoms with Crippen molar-refractivity contribution in [2.75, 3.05) is 6.54 Å². The summed E-state index contributed by atoms with van der Waals surface area (Å²) in [6.45, 7) is 2.95. The molecule has 5 heteroatoms. The third kappa shape index (κ3) is 4.47. The van der Waals surface area contributed by atoms with Crippen LogP contribution in [0.4, 0.5) is 0 Å². The lowest BCUT2D eigenvalue weighted by Gasteiger charge is -2.39. The van der Waals surface area contributed by atoms with Crippen LogP contribution in [0.25, 0.3) is 0 Å². The maximum atomic E-state index is 12.0. The average Bonchev–Trinajstić information content (AvgIpc) is 2.45.